The number of carbonyl (C=O) groups is 1. The summed E-state index contributed by atoms with van der Waals surface area (Å²) in [6, 6.07) is 0.329. The average Bonchev–Trinajstić information content (AvgIpc) is 2.00. The number of nitrogens with one attached hydrogen (secondary N) is 1. The fourth-order valence-electron chi connectivity index (χ4n) is 0.843. The van der Waals surface area contributed by atoms with E-state index in [9.17, 15) is 4.79 Å². The summed E-state index contributed by atoms with van der Waals surface area (Å²) in [6.07, 6.45) is 5.26. The van der Waals surface area contributed by atoms with Gasteiger partial charge in [-0.15, -0.1) is 0 Å². The van der Waals surface area contributed by atoms with Gasteiger partial charge in [0.2, 0.25) is 0 Å². The summed E-state index contributed by atoms with van der Waals surface area (Å²) in [5.41, 5.74) is 0. The van der Waals surface area contributed by atoms with Crippen molar-refractivity contribution in [2.75, 3.05) is 6.26 Å². The van der Waals surface area contributed by atoms with Gasteiger partial charge in [0.05, 0.1) is 0 Å². The Kier molecular flexibility index (Phi) is 6.42. The Bertz CT molecular complexity index is 117. The number of unbranched alkanes of at least 4 members (excludes halogenated alkanes) is 1. The fraction of sp³-hybridized carbons (Fsp3) is 0.875. The molecule has 0 spiro atoms. The van der Waals surface area contributed by atoms with E-state index in [1.165, 1.54) is 24.6 Å². The number of carbonyl (C=O) groups excluding carboxylic acids is 1. The zero-order chi connectivity index (χ0) is 8.69. The van der Waals surface area contributed by atoms with E-state index < -0.39 is 0 Å². The summed E-state index contributed by atoms with van der Waals surface area (Å²) in [5, 5.41) is 2.97. The maximum Gasteiger partial charge on any atom is 0.278 e. The Labute approximate surface area is 73.1 Å². The van der Waals surface area contributed by atoms with Crippen LogP contribution < -0.4 is 5.32 Å². The van der Waals surface area contributed by atoms with E-state index in [1.807, 2.05) is 6.92 Å². The summed E-state index contributed by atoms with van der Waals surface area (Å²) in [5.74, 6) is 0. The Balaban J connectivity index is 3.35. The molecule has 0 bridgehead atoms. The number of hydrogen-bond donors (Lipinski definition) is 1. The molecule has 0 fully saturated rings. The van der Waals surface area contributed by atoms with Crippen LogP contribution in [-0.4, -0.2) is 17.5 Å². The summed E-state index contributed by atoms with van der Waals surface area (Å²) in [4.78, 5) is 10.8. The van der Waals surface area contributed by atoms with Gasteiger partial charge in [0, 0.05) is 6.04 Å². The van der Waals surface area contributed by atoms with E-state index in [1.54, 1.807) is 6.26 Å². The number of thioether (sulfide) groups is 1. The number of hydrogen-bond acceptors (Lipinski definition) is 2. The van der Waals surface area contributed by atoms with Crippen molar-refractivity contribution < 1.29 is 4.79 Å². The minimum absolute atomic E-state index is 0.0774. The molecular formula is C8H17NOS. The highest BCUT2D eigenvalue weighted by Gasteiger charge is 2.03. The van der Waals surface area contributed by atoms with Crippen molar-refractivity contribution in [3.05, 3.63) is 0 Å². The summed E-state index contributed by atoms with van der Waals surface area (Å²) in [6.45, 7) is 4.20. The second-order valence-corrected chi connectivity index (χ2v) is 3.46. The molecule has 1 atom stereocenters. The molecule has 0 saturated carbocycles. The summed E-state index contributed by atoms with van der Waals surface area (Å²) < 4.78 is 0. The van der Waals surface area contributed by atoms with Crippen LogP contribution >= 0.6 is 11.8 Å². The van der Waals surface area contributed by atoms with Gasteiger partial charge in [-0.25, -0.2) is 0 Å². The quantitative estimate of drug-likeness (QED) is 0.711. The van der Waals surface area contributed by atoms with Crippen LogP contribution in [0.4, 0.5) is 4.79 Å². The van der Waals surface area contributed by atoms with Gasteiger partial charge in [-0.2, -0.15) is 0 Å². The van der Waals surface area contributed by atoms with E-state index in [4.69, 9.17) is 0 Å². The van der Waals surface area contributed by atoms with Crippen LogP contribution in [0.5, 0.6) is 0 Å². The lowest BCUT2D eigenvalue weighted by Gasteiger charge is -2.11. The molecule has 0 heterocycles. The van der Waals surface area contributed by atoms with Crippen LogP contribution in [0.25, 0.3) is 0 Å². The molecule has 66 valence electrons. The lowest BCUT2D eigenvalue weighted by atomic mass is 10.1. The second-order valence-electron chi connectivity index (χ2n) is 2.68. The molecule has 0 aromatic carbocycles. The first-order valence-electron chi connectivity index (χ1n) is 4.05. The predicted molar refractivity (Wildman–Crippen MR) is 51.0 cm³/mol. The first-order chi connectivity index (χ1) is 5.20. The lowest BCUT2D eigenvalue weighted by molar-refractivity contribution is 0.257. The van der Waals surface area contributed by atoms with Crippen LogP contribution in [0.15, 0.2) is 0 Å². The third-order valence-corrected chi connectivity index (χ3v) is 2.03. The normalized spacial score (nSPS) is 12.6. The minimum Gasteiger partial charge on any atom is -0.345 e. The monoisotopic (exact) mass is 175 g/mol. The molecule has 0 unspecified atom stereocenters. The van der Waals surface area contributed by atoms with Gasteiger partial charge in [0.1, 0.15) is 0 Å². The molecule has 0 aromatic rings. The Hall–Kier alpha value is -0.180. The standard InChI is InChI=1S/C8H17NOS/c1-4-5-6-7(2)9-8(10)11-3/h7H,4-6H2,1-3H3,(H,9,10)/t7-/m1/s1. The molecule has 1 N–H and O–H groups in total. The molecule has 0 aromatic heterocycles. The highest BCUT2D eigenvalue weighted by Crippen LogP contribution is 2.02. The molecule has 0 radical (unpaired) electrons. The third kappa shape index (κ3) is 6.23. The van der Waals surface area contributed by atoms with Crippen molar-refractivity contribution in [3.8, 4) is 0 Å². The topological polar surface area (TPSA) is 29.1 Å². The molecule has 0 saturated heterocycles. The van der Waals surface area contributed by atoms with E-state index >= 15 is 0 Å². The summed E-state index contributed by atoms with van der Waals surface area (Å²) >= 11 is 1.24. The van der Waals surface area contributed by atoms with Crippen molar-refractivity contribution in [1.82, 2.24) is 5.32 Å². The smallest absolute Gasteiger partial charge is 0.278 e. The average molecular weight is 175 g/mol. The maximum atomic E-state index is 10.8. The highest BCUT2D eigenvalue weighted by atomic mass is 32.2. The van der Waals surface area contributed by atoms with Crippen molar-refractivity contribution in [1.29, 1.82) is 0 Å². The van der Waals surface area contributed by atoms with Crippen LogP contribution in [0, 0.1) is 0 Å². The third-order valence-electron chi connectivity index (χ3n) is 1.54. The van der Waals surface area contributed by atoms with Crippen molar-refractivity contribution in [3.63, 3.8) is 0 Å². The van der Waals surface area contributed by atoms with Crippen LogP contribution in [0.2, 0.25) is 0 Å². The Morgan fingerprint density at radius 2 is 2.27 bits per heavy atom. The molecule has 0 aliphatic heterocycles. The minimum atomic E-state index is 0.0774. The molecule has 3 heteroatoms. The lowest BCUT2D eigenvalue weighted by Crippen LogP contribution is -2.28. The highest BCUT2D eigenvalue weighted by molar-refractivity contribution is 8.12. The van der Waals surface area contributed by atoms with Crippen molar-refractivity contribution in [2.45, 2.75) is 39.2 Å². The largest absolute Gasteiger partial charge is 0.345 e. The SMILES string of the molecule is CCCC[C@@H](C)NC(=O)SC. The first kappa shape index (κ1) is 10.8. The van der Waals surface area contributed by atoms with Gasteiger partial charge in [-0.1, -0.05) is 31.5 Å². The van der Waals surface area contributed by atoms with Gasteiger partial charge in [0.15, 0.2) is 0 Å². The number of amides is 1. The van der Waals surface area contributed by atoms with Gasteiger partial charge in [-0.3, -0.25) is 4.79 Å². The second kappa shape index (κ2) is 6.53. The molecule has 0 rings (SSSR count). The molecule has 0 aliphatic rings. The van der Waals surface area contributed by atoms with E-state index in [2.05, 4.69) is 12.2 Å². The van der Waals surface area contributed by atoms with Crippen molar-refractivity contribution >= 4 is 17.0 Å². The van der Waals surface area contributed by atoms with E-state index in [0.29, 0.717) is 6.04 Å². The zero-order valence-electron chi connectivity index (χ0n) is 7.52. The van der Waals surface area contributed by atoms with Gasteiger partial charge in [0.25, 0.3) is 5.24 Å². The molecule has 1 amide bonds. The van der Waals surface area contributed by atoms with Crippen LogP contribution in [0.3, 0.4) is 0 Å². The van der Waals surface area contributed by atoms with Gasteiger partial charge in [-0.05, 0) is 19.6 Å². The predicted octanol–water partition coefficient (Wildman–Crippen LogP) is 2.64. The van der Waals surface area contributed by atoms with Gasteiger partial charge >= 0.3 is 0 Å². The molecular weight excluding hydrogens is 158 g/mol. The maximum absolute atomic E-state index is 10.8. The summed E-state index contributed by atoms with van der Waals surface area (Å²) in [7, 11) is 0. The molecule has 11 heavy (non-hydrogen) atoms. The van der Waals surface area contributed by atoms with Crippen LogP contribution in [-0.2, 0) is 0 Å². The number of rotatable bonds is 4. The van der Waals surface area contributed by atoms with E-state index in [-0.39, 0.29) is 5.24 Å². The molecule has 0 aliphatic carbocycles. The van der Waals surface area contributed by atoms with Crippen LogP contribution in [0.1, 0.15) is 33.1 Å². The van der Waals surface area contributed by atoms with Gasteiger partial charge < -0.3 is 5.32 Å². The first-order valence-corrected chi connectivity index (χ1v) is 5.27. The Morgan fingerprint density at radius 1 is 1.64 bits per heavy atom. The molecule has 2 nitrogen and oxygen atoms in total. The van der Waals surface area contributed by atoms with Crippen molar-refractivity contribution in [2.24, 2.45) is 0 Å². The fourth-order valence-corrected chi connectivity index (χ4v) is 1.16. The Morgan fingerprint density at radius 3 is 2.73 bits per heavy atom. The van der Waals surface area contributed by atoms with E-state index in [0.717, 1.165) is 6.42 Å². The zero-order valence-corrected chi connectivity index (χ0v) is 8.33.